The van der Waals surface area contributed by atoms with Crippen LogP contribution in [0.25, 0.3) is 0 Å². The second kappa shape index (κ2) is 1.94. The predicted octanol–water partition coefficient (Wildman–Crippen LogP) is 3.60. The van der Waals surface area contributed by atoms with Crippen molar-refractivity contribution in [1.29, 1.82) is 0 Å². The highest BCUT2D eigenvalue weighted by atomic mass is 79.9. The van der Waals surface area contributed by atoms with E-state index in [4.69, 9.17) is 0 Å². The summed E-state index contributed by atoms with van der Waals surface area (Å²) in [6.07, 6.45) is 5.98. The average molecular weight is 229 g/mol. The number of hydrogen-bond acceptors (Lipinski definition) is 0. The van der Waals surface area contributed by atoms with Crippen molar-refractivity contribution < 1.29 is 0 Å². The highest BCUT2D eigenvalue weighted by molar-refractivity contribution is 9.10. The second-order valence-electron chi connectivity index (χ2n) is 5.41. The van der Waals surface area contributed by atoms with Gasteiger partial charge in [0.1, 0.15) is 0 Å². The average Bonchev–Trinajstić information content (AvgIpc) is 2.00. The minimum atomic E-state index is 0.634. The fraction of sp³-hybridized carbons (Fsp3) is 1.00. The molecule has 4 rings (SSSR count). The molecule has 0 aromatic carbocycles. The van der Waals surface area contributed by atoms with Gasteiger partial charge in [-0.2, -0.15) is 0 Å². The lowest BCUT2D eigenvalue weighted by Crippen LogP contribution is -2.82. The predicted molar refractivity (Wildman–Crippen MR) is 54.4 cm³/mol. The summed E-state index contributed by atoms with van der Waals surface area (Å²) in [4.78, 5) is 0. The molecule has 4 saturated carbocycles. The maximum atomic E-state index is 3.98. The van der Waals surface area contributed by atoms with Gasteiger partial charge in [0.25, 0.3) is 0 Å². The van der Waals surface area contributed by atoms with Crippen LogP contribution in [0.2, 0.25) is 0 Å². The third-order valence-electron chi connectivity index (χ3n) is 5.09. The first-order valence-electron chi connectivity index (χ1n) is 5.31. The number of alkyl halides is 1. The molecule has 0 heterocycles. The van der Waals surface area contributed by atoms with E-state index >= 15 is 0 Å². The SMILES string of the molecule is CC(C)C12CC3(Br)C1CCCC32. The largest absolute Gasteiger partial charge is 0.0847 e. The molecule has 0 aromatic rings. The number of rotatable bonds is 1. The zero-order valence-electron chi connectivity index (χ0n) is 7.94. The lowest BCUT2D eigenvalue weighted by molar-refractivity contribution is -0.279. The zero-order chi connectivity index (χ0) is 8.56. The topological polar surface area (TPSA) is 0 Å². The molecule has 4 fully saturated rings. The zero-order valence-corrected chi connectivity index (χ0v) is 9.52. The maximum absolute atomic E-state index is 3.98. The fourth-order valence-electron chi connectivity index (χ4n) is 4.54. The standard InChI is InChI=1S/C11H17Br/c1-7(2)10-6-11(12)8(10)4-3-5-9(10)11/h7-9H,3-6H2,1-2H3. The third kappa shape index (κ3) is 0.522. The van der Waals surface area contributed by atoms with E-state index in [1.165, 1.54) is 25.7 Å². The first-order valence-corrected chi connectivity index (χ1v) is 6.10. The monoisotopic (exact) mass is 228 g/mol. The van der Waals surface area contributed by atoms with Crippen molar-refractivity contribution in [1.82, 2.24) is 0 Å². The summed E-state index contributed by atoms with van der Waals surface area (Å²) >= 11 is 3.98. The molecule has 0 spiro atoms. The van der Waals surface area contributed by atoms with Gasteiger partial charge in [-0.1, -0.05) is 36.2 Å². The first kappa shape index (κ1) is 7.84. The van der Waals surface area contributed by atoms with Crippen LogP contribution in [0.3, 0.4) is 0 Å². The molecule has 0 aliphatic heterocycles. The van der Waals surface area contributed by atoms with E-state index in [0.29, 0.717) is 4.32 Å². The fourth-order valence-corrected chi connectivity index (χ4v) is 6.33. The molecule has 12 heavy (non-hydrogen) atoms. The van der Waals surface area contributed by atoms with Gasteiger partial charge in [0.15, 0.2) is 0 Å². The van der Waals surface area contributed by atoms with E-state index in [9.17, 15) is 0 Å². The molecule has 2 unspecified atom stereocenters. The molecule has 4 aliphatic rings. The summed E-state index contributed by atoms with van der Waals surface area (Å²) in [5, 5.41) is 0. The van der Waals surface area contributed by atoms with Crippen LogP contribution in [0.1, 0.15) is 39.5 Å². The normalized spacial score (nSPS) is 61.0. The lowest BCUT2D eigenvalue weighted by atomic mass is 9.25. The van der Waals surface area contributed by atoms with Crippen molar-refractivity contribution in [3.63, 3.8) is 0 Å². The van der Waals surface area contributed by atoms with Crippen molar-refractivity contribution in [2.24, 2.45) is 23.2 Å². The summed E-state index contributed by atoms with van der Waals surface area (Å²) in [5.41, 5.74) is 0.793. The van der Waals surface area contributed by atoms with E-state index in [1.807, 2.05) is 0 Å². The molecule has 2 atom stereocenters. The van der Waals surface area contributed by atoms with E-state index in [2.05, 4.69) is 29.8 Å². The molecule has 0 saturated heterocycles. The van der Waals surface area contributed by atoms with Gasteiger partial charge in [0, 0.05) is 4.32 Å². The van der Waals surface area contributed by atoms with E-state index in [1.54, 1.807) is 0 Å². The molecular weight excluding hydrogens is 212 g/mol. The van der Waals surface area contributed by atoms with Crippen LogP contribution in [0, 0.1) is 23.2 Å². The Morgan fingerprint density at radius 3 is 2.17 bits per heavy atom. The minimum absolute atomic E-state index is 0.634. The molecule has 68 valence electrons. The van der Waals surface area contributed by atoms with Crippen molar-refractivity contribution in [3.05, 3.63) is 0 Å². The molecule has 0 N–H and O–H groups in total. The highest BCUT2D eigenvalue weighted by Crippen LogP contribution is 2.85. The van der Waals surface area contributed by atoms with Gasteiger partial charge in [-0.15, -0.1) is 0 Å². The van der Waals surface area contributed by atoms with E-state index in [0.717, 1.165) is 23.2 Å². The van der Waals surface area contributed by atoms with Crippen molar-refractivity contribution in [2.45, 2.75) is 43.9 Å². The number of halogens is 1. The van der Waals surface area contributed by atoms with Crippen LogP contribution in [0.15, 0.2) is 0 Å². The smallest absolute Gasteiger partial charge is 0.0330 e. The van der Waals surface area contributed by atoms with Crippen LogP contribution in [0.4, 0.5) is 0 Å². The van der Waals surface area contributed by atoms with Gasteiger partial charge in [0.05, 0.1) is 0 Å². The second-order valence-corrected chi connectivity index (χ2v) is 6.88. The maximum Gasteiger partial charge on any atom is 0.0330 e. The Balaban J connectivity index is 1.95. The molecule has 0 radical (unpaired) electrons. The van der Waals surface area contributed by atoms with Crippen LogP contribution in [-0.4, -0.2) is 4.32 Å². The Morgan fingerprint density at radius 1 is 1.25 bits per heavy atom. The Kier molecular flexibility index (Phi) is 1.27. The van der Waals surface area contributed by atoms with Gasteiger partial charge >= 0.3 is 0 Å². The highest BCUT2D eigenvalue weighted by Gasteiger charge is 2.81. The summed E-state index contributed by atoms with van der Waals surface area (Å²) in [7, 11) is 0. The molecule has 1 heteroatoms. The quantitative estimate of drug-likeness (QED) is 0.602. The van der Waals surface area contributed by atoms with E-state index in [-0.39, 0.29) is 0 Å². The summed E-state index contributed by atoms with van der Waals surface area (Å²) in [6, 6.07) is 0. The summed E-state index contributed by atoms with van der Waals surface area (Å²) in [5.74, 6) is 3.01. The molecule has 0 aromatic heterocycles. The summed E-state index contributed by atoms with van der Waals surface area (Å²) < 4.78 is 0.634. The third-order valence-corrected chi connectivity index (χ3v) is 6.48. The first-order chi connectivity index (χ1) is 5.62. The molecule has 0 amide bonds. The van der Waals surface area contributed by atoms with Gasteiger partial charge in [0.2, 0.25) is 0 Å². The van der Waals surface area contributed by atoms with Crippen LogP contribution < -0.4 is 0 Å². The van der Waals surface area contributed by atoms with Gasteiger partial charge in [-0.05, 0) is 42.4 Å². The van der Waals surface area contributed by atoms with Crippen LogP contribution in [-0.2, 0) is 0 Å². The minimum Gasteiger partial charge on any atom is -0.0847 e. The summed E-state index contributed by atoms with van der Waals surface area (Å²) in [6.45, 7) is 4.86. The van der Waals surface area contributed by atoms with E-state index < -0.39 is 0 Å². The Morgan fingerprint density at radius 2 is 1.83 bits per heavy atom. The molecule has 4 aliphatic carbocycles. The lowest BCUT2D eigenvalue weighted by Gasteiger charge is -2.84. The number of hydrogen-bond donors (Lipinski definition) is 0. The molecular formula is C11H17Br. The Labute approximate surface area is 83.2 Å². The van der Waals surface area contributed by atoms with Crippen molar-refractivity contribution in [2.75, 3.05) is 0 Å². The molecule has 4 bridgehead atoms. The van der Waals surface area contributed by atoms with Gasteiger partial charge in [-0.3, -0.25) is 0 Å². The van der Waals surface area contributed by atoms with Gasteiger partial charge < -0.3 is 0 Å². The Bertz CT molecular complexity index is 219. The van der Waals surface area contributed by atoms with Crippen molar-refractivity contribution >= 4 is 15.9 Å². The van der Waals surface area contributed by atoms with Gasteiger partial charge in [-0.25, -0.2) is 0 Å². The molecule has 0 nitrogen and oxygen atoms in total. The van der Waals surface area contributed by atoms with Crippen LogP contribution >= 0.6 is 15.9 Å². The Hall–Kier alpha value is 0.480. The van der Waals surface area contributed by atoms with Crippen LogP contribution in [0.5, 0.6) is 0 Å². The van der Waals surface area contributed by atoms with Crippen molar-refractivity contribution in [3.8, 4) is 0 Å².